The van der Waals surface area contributed by atoms with E-state index in [-0.39, 0.29) is 17.9 Å². The van der Waals surface area contributed by atoms with Crippen molar-refractivity contribution in [3.63, 3.8) is 0 Å². The third-order valence-electron chi connectivity index (χ3n) is 3.74. The lowest BCUT2D eigenvalue weighted by atomic mass is 10.1. The minimum absolute atomic E-state index is 0.00388. The Balaban J connectivity index is 2.25. The summed E-state index contributed by atoms with van der Waals surface area (Å²) in [4.78, 5) is 16.7. The van der Waals surface area contributed by atoms with Crippen molar-refractivity contribution in [2.45, 2.75) is 50.3 Å². The summed E-state index contributed by atoms with van der Waals surface area (Å²) in [6, 6.07) is 13.8. The maximum atomic E-state index is 12.8. The number of hydrogen-bond acceptors (Lipinski definition) is 6. The zero-order valence-electron chi connectivity index (χ0n) is 16.1. The number of carbonyl (C=O) groups is 1. The van der Waals surface area contributed by atoms with Gasteiger partial charge in [-0.25, -0.2) is 13.3 Å². The second-order valence-corrected chi connectivity index (χ2v) is 9.03. The number of carbonyl (C=O) groups excluding carboxylic acids is 1. The van der Waals surface area contributed by atoms with Crippen LogP contribution in [0.15, 0.2) is 59.5 Å². The highest BCUT2D eigenvalue weighted by Crippen LogP contribution is 2.16. The molecule has 2 rings (SSSR count). The quantitative estimate of drug-likeness (QED) is 0.396. The Labute approximate surface area is 165 Å². The standard InChI is InChI=1S/C20H25NO6S/c1-20(2,3)27-19(22)18(13-15-7-5-4-6-8-15)21-28(24,25)17-11-9-16(10-12-17)14-26-23/h4-12,18,21,23H,13-14H2,1-3H3. The molecule has 2 aromatic carbocycles. The van der Waals surface area contributed by atoms with E-state index in [2.05, 4.69) is 9.61 Å². The Hall–Kier alpha value is -2.26. The third-order valence-corrected chi connectivity index (χ3v) is 5.22. The molecule has 0 heterocycles. The smallest absolute Gasteiger partial charge is 0.325 e. The Morgan fingerprint density at radius 1 is 1.04 bits per heavy atom. The van der Waals surface area contributed by atoms with E-state index in [1.807, 2.05) is 30.3 Å². The highest BCUT2D eigenvalue weighted by molar-refractivity contribution is 7.89. The Kier molecular flexibility index (Phi) is 7.31. The molecule has 0 bridgehead atoms. The molecule has 2 aromatic rings. The SMILES string of the molecule is CC(C)(C)OC(=O)C(Cc1ccccc1)NS(=O)(=O)c1ccc(COO)cc1. The van der Waals surface area contributed by atoms with Gasteiger partial charge in [-0.2, -0.15) is 4.72 Å². The van der Waals surface area contributed by atoms with Gasteiger partial charge in [0.1, 0.15) is 18.2 Å². The van der Waals surface area contributed by atoms with Gasteiger partial charge < -0.3 is 4.74 Å². The first-order chi connectivity index (χ1) is 13.1. The molecule has 0 aliphatic carbocycles. The molecule has 7 nitrogen and oxygen atoms in total. The third kappa shape index (κ3) is 6.72. The molecule has 0 amide bonds. The highest BCUT2D eigenvalue weighted by atomic mass is 32.2. The summed E-state index contributed by atoms with van der Waals surface area (Å²) in [5, 5.41) is 8.48. The lowest BCUT2D eigenvalue weighted by Crippen LogP contribution is -2.45. The molecule has 2 N–H and O–H groups in total. The van der Waals surface area contributed by atoms with Crippen molar-refractivity contribution < 1.29 is 28.1 Å². The van der Waals surface area contributed by atoms with E-state index < -0.39 is 27.6 Å². The summed E-state index contributed by atoms with van der Waals surface area (Å²) in [7, 11) is -3.97. The number of hydrogen-bond donors (Lipinski definition) is 2. The van der Waals surface area contributed by atoms with Gasteiger partial charge >= 0.3 is 5.97 Å². The van der Waals surface area contributed by atoms with Crippen LogP contribution in [0.25, 0.3) is 0 Å². The maximum absolute atomic E-state index is 12.8. The van der Waals surface area contributed by atoms with E-state index >= 15 is 0 Å². The topological polar surface area (TPSA) is 102 Å². The summed E-state index contributed by atoms with van der Waals surface area (Å²) in [5.41, 5.74) is 0.662. The van der Waals surface area contributed by atoms with Crippen LogP contribution in [0.2, 0.25) is 0 Å². The van der Waals surface area contributed by atoms with Gasteiger partial charge in [-0.3, -0.25) is 10.1 Å². The van der Waals surface area contributed by atoms with Crippen molar-refractivity contribution in [3.05, 3.63) is 65.7 Å². The summed E-state index contributed by atoms with van der Waals surface area (Å²) >= 11 is 0. The minimum Gasteiger partial charge on any atom is -0.459 e. The van der Waals surface area contributed by atoms with Gasteiger partial charge in [-0.15, -0.1) is 0 Å². The molecule has 152 valence electrons. The van der Waals surface area contributed by atoms with Gasteiger partial charge in [0.25, 0.3) is 0 Å². The summed E-state index contributed by atoms with van der Waals surface area (Å²) in [5.74, 6) is -0.648. The molecule has 8 heteroatoms. The van der Waals surface area contributed by atoms with Crippen molar-refractivity contribution in [2.75, 3.05) is 0 Å². The van der Waals surface area contributed by atoms with Crippen LogP contribution < -0.4 is 4.72 Å². The normalized spacial score (nSPS) is 13.1. The lowest BCUT2D eigenvalue weighted by molar-refractivity contribution is -0.253. The monoisotopic (exact) mass is 407 g/mol. The van der Waals surface area contributed by atoms with Crippen LogP contribution in [-0.4, -0.2) is 31.3 Å². The number of esters is 1. The predicted molar refractivity (Wildman–Crippen MR) is 104 cm³/mol. The first-order valence-electron chi connectivity index (χ1n) is 8.75. The van der Waals surface area contributed by atoms with Crippen LogP contribution in [0, 0.1) is 0 Å². The number of rotatable bonds is 8. The molecule has 0 fully saturated rings. The second-order valence-electron chi connectivity index (χ2n) is 7.31. The van der Waals surface area contributed by atoms with E-state index in [9.17, 15) is 13.2 Å². The molecule has 0 aromatic heterocycles. The van der Waals surface area contributed by atoms with Crippen molar-refractivity contribution in [2.24, 2.45) is 0 Å². The Morgan fingerprint density at radius 3 is 2.18 bits per heavy atom. The fourth-order valence-electron chi connectivity index (χ4n) is 2.49. The maximum Gasteiger partial charge on any atom is 0.325 e. The van der Waals surface area contributed by atoms with E-state index in [0.717, 1.165) is 5.56 Å². The van der Waals surface area contributed by atoms with Crippen molar-refractivity contribution in [1.82, 2.24) is 4.72 Å². The van der Waals surface area contributed by atoms with Gasteiger partial charge in [0.05, 0.1) is 4.90 Å². The summed E-state index contributed by atoms with van der Waals surface area (Å²) < 4.78 is 33.4. The van der Waals surface area contributed by atoms with Crippen LogP contribution in [0.5, 0.6) is 0 Å². The van der Waals surface area contributed by atoms with Gasteiger partial charge in [-0.05, 0) is 50.5 Å². The predicted octanol–water partition coefficient (Wildman–Crippen LogP) is 2.91. The number of nitrogens with one attached hydrogen (secondary N) is 1. The van der Waals surface area contributed by atoms with E-state index in [4.69, 9.17) is 9.99 Å². The first kappa shape index (κ1) is 22.0. The van der Waals surface area contributed by atoms with E-state index in [0.29, 0.717) is 5.56 Å². The zero-order valence-corrected chi connectivity index (χ0v) is 16.9. The Bertz CT molecular complexity index is 873. The molecule has 0 saturated carbocycles. The van der Waals surface area contributed by atoms with E-state index in [1.165, 1.54) is 24.3 Å². The van der Waals surface area contributed by atoms with Crippen LogP contribution in [-0.2, 0) is 37.5 Å². The first-order valence-corrected chi connectivity index (χ1v) is 10.2. The van der Waals surface area contributed by atoms with Crippen molar-refractivity contribution >= 4 is 16.0 Å². The number of ether oxygens (including phenoxy) is 1. The van der Waals surface area contributed by atoms with Crippen molar-refractivity contribution in [1.29, 1.82) is 0 Å². The molecule has 0 radical (unpaired) electrons. The van der Waals surface area contributed by atoms with Crippen LogP contribution >= 0.6 is 0 Å². The summed E-state index contributed by atoms with van der Waals surface area (Å²) in [6.07, 6.45) is 0.158. The fraction of sp³-hybridized carbons (Fsp3) is 0.350. The van der Waals surface area contributed by atoms with E-state index in [1.54, 1.807) is 20.8 Å². The largest absolute Gasteiger partial charge is 0.459 e. The van der Waals surface area contributed by atoms with Gasteiger partial charge in [0.2, 0.25) is 10.0 Å². The van der Waals surface area contributed by atoms with Gasteiger partial charge in [0.15, 0.2) is 0 Å². The Morgan fingerprint density at radius 2 is 1.64 bits per heavy atom. The highest BCUT2D eigenvalue weighted by Gasteiger charge is 2.30. The molecule has 0 aliphatic heterocycles. The number of sulfonamides is 1. The average molecular weight is 407 g/mol. The fourth-order valence-corrected chi connectivity index (χ4v) is 3.68. The zero-order chi connectivity index (χ0) is 20.8. The molecule has 28 heavy (non-hydrogen) atoms. The van der Waals surface area contributed by atoms with Crippen LogP contribution in [0.3, 0.4) is 0 Å². The van der Waals surface area contributed by atoms with Crippen molar-refractivity contribution in [3.8, 4) is 0 Å². The lowest BCUT2D eigenvalue weighted by Gasteiger charge is -2.24. The minimum atomic E-state index is -3.97. The molecule has 1 atom stereocenters. The molecular formula is C20H25NO6S. The van der Waals surface area contributed by atoms with Crippen LogP contribution in [0.4, 0.5) is 0 Å². The molecule has 0 saturated heterocycles. The number of benzene rings is 2. The molecular weight excluding hydrogens is 382 g/mol. The van der Waals surface area contributed by atoms with Crippen LogP contribution in [0.1, 0.15) is 31.9 Å². The van der Waals surface area contributed by atoms with Gasteiger partial charge in [-0.1, -0.05) is 42.5 Å². The molecule has 0 aliphatic rings. The molecule has 1 unspecified atom stereocenters. The van der Waals surface area contributed by atoms with Gasteiger partial charge in [0, 0.05) is 0 Å². The summed E-state index contributed by atoms with van der Waals surface area (Å²) in [6.45, 7) is 5.12. The molecule has 0 spiro atoms. The average Bonchev–Trinajstić information content (AvgIpc) is 2.61. The second kappa shape index (κ2) is 9.29.